The first-order valence-corrected chi connectivity index (χ1v) is 8.06. The van der Waals surface area contributed by atoms with Gasteiger partial charge in [0, 0.05) is 12.6 Å². The third-order valence-electron chi connectivity index (χ3n) is 4.64. The van der Waals surface area contributed by atoms with Gasteiger partial charge in [0.1, 0.15) is 6.61 Å². The standard InChI is InChI=1S/C18H21N3O4/c1-10-7-5-6-8-13(10)15-16(24-9-14(22)21(15)4)17(23)19-18-11(2)12(3)20-25-18/h5-8,15-16H,9H2,1-4H3,(H,19,23)/t15-,16+/m1/s1. The molecular formula is C18H21N3O4. The largest absolute Gasteiger partial charge is 0.356 e. The maximum Gasteiger partial charge on any atom is 0.258 e. The van der Waals surface area contributed by atoms with Gasteiger partial charge in [-0.15, -0.1) is 0 Å². The normalized spacial score (nSPS) is 20.6. The number of carbonyl (C=O) groups excluding carboxylic acids is 2. The molecule has 1 aliphatic rings. The molecule has 2 heterocycles. The Morgan fingerprint density at radius 3 is 2.64 bits per heavy atom. The Labute approximate surface area is 145 Å². The van der Waals surface area contributed by atoms with Gasteiger partial charge >= 0.3 is 0 Å². The van der Waals surface area contributed by atoms with Gasteiger partial charge in [0.05, 0.1) is 11.7 Å². The Kier molecular flexibility index (Phi) is 4.59. The van der Waals surface area contributed by atoms with Crippen molar-refractivity contribution in [2.24, 2.45) is 0 Å². The molecule has 1 aromatic carbocycles. The number of nitrogens with zero attached hydrogens (tertiary/aromatic N) is 2. The molecule has 25 heavy (non-hydrogen) atoms. The maximum absolute atomic E-state index is 12.8. The molecule has 132 valence electrons. The van der Waals surface area contributed by atoms with Crippen molar-refractivity contribution in [3.05, 3.63) is 46.6 Å². The van der Waals surface area contributed by atoms with Crippen molar-refractivity contribution in [1.82, 2.24) is 10.1 Å². The molecule has 2 aromatic rings. The summed E-state index contributed by atoms with van der Waals surface area (Å²) in [6, 6.07) is 7.14. The maximum atomic E-state index is 12.8. The SMILES string of the molecule is Cc1ccccc1[C@@H]1[C@@H](C(=O)Nc2onc(C)c2C)OCC(=O)N1C. The van der Waals surface area contributed by atoms with E-state index in [2.05, 4.69) is 10.5 Å². The van der Waals surface area contributed by atoms with Crippen LogP contribution in [0.25, 0.3) is 0 Å². The number of nitrogens with one attached hydrogen (secondary N) is 1. The van der Waals surface area contributed by atoms with Gasteiger partial charge in [-0.05, 0) is 31.9 Å². The zero-order chi connectivity index (χ0) is 18.1. The number of hydrogen-bond donors (Lipinski definition) is 1. The Morgan fingerprint density at radius 1 is 1.28 bits per heavy atom. The molecule has 3 rings (SSSR count). The second kappa shape index (κ2) is 6.68. The predicted molar refractivity (Wildman–Crippen MR) is 91.0 cm³/mol. The molecule has 2 amide bonds. The summed E-state index contributed by atoms with van der Waals surface area (Å²) in [6.45, 7) is 5.43. The number of carbonyl (C=O) groups is 2. The van der Waals surface area contributed by atoms with E-state index in [0.717, 1.165) is 16.7 Å². The van der Waals surface area contributed by atoms with E-state index in [1.54, 1.807) is 18.9 Å². The third kappa shape index (κ3) is 3.15. The van der Waals surface area contributed by atoms with E-state index in [1.165, 1.54) is 0 Å². The molecule has 0 radical (unpaired) electrons. The van der Waals surface area contributed by atoms with Crippen LogP contribution in [0.3, 0.4) is 0 Å². The number of anilines is 1. The van der Waals surface area contributed by atoms with Crippen LogP contribution in [0.5, 0.6) is 0 Å². The highest BCUT2D eigenvalue weighted by molar-refractivity contribution is 5.95. The number of amides is 2. The minimum Gasteiger partial charge on any atom is -0.356 e. The summed E-state index contributed by atoms with van der Waals surface area (Å²) >= 11 is 0. The fraction of sp³-hybridized carbons (Fsp3) is 0.389. The van der Waals surface area contributed by atoms with Crippen LogP contribution in [0.2, 0.25) is 0 Å². The van der Waals surface area contributed by atoms with Crippen LogP contribution < -0.4 is 5.32 Å². The molecule has 7 heteroatoms. The number of likely N-dealkylation sites (N-methyl/N-ethyl adjacent to an activating group) is 1. The van der Waals surface area contributed by atoms with Gasteiger partial charge in [0.15, 0.2) is 6.10 Å². The van der Waals surface area contributed by atoms with Gasteiger partial charge in [-0.3, -0.25) is 14.9 Å². The van der Waals surface area contributed by atoms with Crippen molar-refractivity contribution in [3.63, 3.8) is 0 Å². The number of aryl methyl sites for hydroxylation is 2. The first-order valence-electron chi connectivity index (χ1n) is 8.06. The number of rotatable bonds is 3. The highest BCUT2D eigenvalue weighted by atomic mass is 16.5. The fourth-order valence-corrected chi connectivity index (χ4v) is 2.94. The summed E-state index contributed by atoms with van der Waals surface area (Å²) in [4.78, 5) is 26.5. The van der Waals surface area contributed by atoms with E-state index in [1.807, 2.05) is 38.1 Å². The molecule has 0 bridgehead atoms. The smallest absolute Gasteiger partial charge is 0.258 e. The topological polar surface area (TPSA) is 84.7 Å². The lowest BCUT2D eigenvalue weighted by atomic mass is 9.94. The van der Waals surface area contributed by atoms with E-state index < -0.39 is 12.1 Å². The second-order valence-corrected chi connectivity index (χ2v) is 6.25. The number of benzene rings is 1. The third-order valence-corrected chi connectivity index (χ3v) is 4.64. The molecule has 1 saturated heterocycles. The number of morpholine rings is 1. The van der Waals surface area contributed by atoms with E-state index >= 15 is 0 Å². The van der Waals surface area contributed by atoms with Gasteiger partial charge in [-0.1, -0.05) is 29.4 Å². The van der Waals surface area contributed by atoms with Crippen LogP contribution in [0.1, 0.15) is 28.4 Å². The number of hydrogen-bond acceptors (Lipinski definition) is 5. The molecule has 0 saturated carbocycles. The predicted octanol–water partition coefficient (Wildman–Crippen LogP) is 2.14. The van der Waals surface area contributed by atoms with Crippen LogP contribution in [0.15, 0.2) is 28.8 Å². The number of ether oxygens (including phenoxy) is 1. The summed E-state index contributed by atoms with van der Waals surface area (Å²) in [7, 11) is 1.69. The van der Waals surface area contributed by atoms with Crippen LogP contribution in [-0.4, -0.2) is 41.6 Å². The quantitative estimate of drug-likeness (QED) is 0.923. The molecule has 1 fully saturated rings. The summed E-state index contributed by atoms with van der Waals surface area (Å²) in [5, 5.41) is 6.56. The van der Waals surface area contributed by atoms with E-state index in [9.17, 15) is 9.59 Å². The zero-order valence-electron chi connectivity index (χ0n) is 14.7. The molecule has 7 nitrogen and oxygen atoms in total. The Bertz CT molecular complexity index is 814. The van der Waals surface area contributed by atoms with Crippen LogP contribution in [0.4, 0.5) is 5.88 Å². The van der Waals surface area contributed by atoms with Crippen molar-refractivity contribution in [2.45, 2.75) is 32.9 Å². The lowest BCUT2D eigenvalue weighted by Gasteiger charge is -2.38. The van der Waals surface area contributed by atoms with Gasteiger partial charge in [0.25, 0.3) is 5.91 Å². The minimum absolute atomic E-state index is 0.134. The highest BCUT2D eigenvalue weighted by Gasteiger charge is 2.41. The summed E-state index contributed by atoms with van der Waals surface area (Å²) in [6.07, 6.45) is -0.839. The van der Waals surface area contributed by atoms with E-state index in [4.69, 9.17) is 9.26 Å². The van der Waals surface area contributed by atoms with Crippen molar-refractivity contribution >= 4 is 17.7 Å². The fourth-order valence-electron chi connectivity index (χ4n) is 2.94. The Hall–Kier alpha value is -2.67. The molecule has 0 spiro atoms. The molecule has 1 aliphatic heterocycles. The monoisotopic (exact) mass is 343 g/mol. The summed E-state index contributed by atoms with van der Waals surface area (Å²) < 4.78 is 10.7. The van der Waals surface area contributed by atoms with Gasteiger partial charge in [-0.25, -0.2) is 0 Å². The van der Waals surface area contributed by atoms with Crippen molar-refractivity contribution < 1.29 is 18.8 Å². The molecule has 0 aliphatic carbocycles. The number of aromatic nitrogens is 1. The van der Waals surface area contributed by atoms with Gasteiger partial charge < -0.3 is 14.2 Å². The molecule has 0 unspecified atom stereocenters. The molecular weight excluding hydrogens is 322 g/mol. The van der Waals surface area contributed by atoms with Gasteiger partial charge in [-0.2, -0.15) is 0 Å². The lowest BCUT2D eigenvalue weighted by molar-refractivity contribution is -0.160. The zero-order valence-corrected chi connectivity index (χ0v) is 14.7. The second-order valence-electron chi connectivity index (χ2n) is 6.25. The average Bonchev–Trinajstić information content (AvgIpc) is 2.90. The minimum atomic E-state index is -0.839. The van der Waals surface area contributed by atoms with Crippen LogP contribution in [0, 0.1) is 20.8 Å². The van der Waals surface area contributed by atoms with Crippen LogP contribution >= 0.6 is 0 Å². The highest BCUT2D eigenvalue weighted by Crippen LogP contribution is 2.32. The molecule has 1 aromatic heterocycles. The van der Waals surface area contributed by atoms with Gasteiger partial charge in [0.2, 0.25) is 11.8 Å². The molecule has 2 atom stereocenters. The Morgan fingerprint density at radius 2 is 2.00 bits per heavy atom. The van der Waals surface area contributed by atoms with E-state index in [-0.39, 0.29) is 18.4 Å². The average molecular weight is 343 g/mol. The van der Waals surface area contributed by atoms with Crippen molar-refractivity contribution in [3.8, 4) is 0 Å². The van der Waals surface area contributed by atoms with Crippen LogP contribution in [-0.2, 0) is 14.3 Å². The van der Waals surface area contributed by atoms with Crippen molar-refractivity contribution in [1.29, 1.82) is 0 Å². The molecule has 1 N–H and O–H groups in total. The Balaban J connectivity index is 1.92. The first kappa shape index (κ1) is 17.2. The first-order chi connectivity index (χ1) is 11.9. The van der Waals surface area contributed by atoms with Crippen molar-refractivity contribution in [2.75, 3.05) is 19.0 Å². The summed E-state index contributed by atoms with van der Waals surface area (Å²) in [5.74, 6) is -0.231. The lowest BCUT2D eigenvalue weighted by Crippen LogP contribution is -2.51. The summed E-state index contributed by atoms with van der Waals surface area (Å²) in [5.41, 5.74) is 3.34. The van der Waals surface area contributed by atoms with E-state index in [0.29, 0.717) is 11.6 Å².